The van der Waals surface area contributed by atoms with E-state index >= 15 is 0 Å². The number of carbonyl (C=O) groups excluding carboxylic acids is 2. The summed E-state index contributed by atoms with van der Waals surface area (Å²) < 4.78 is 26.9. The largest absolute Gasteiger partial charge is 0.444 e. The molecule has 0 heterocycles. The fourth-order valence-corrected chi connectivity index (χ4v) is 1.73. The molecular weight excluding hydrogens is 260 g/mol. The number of carbonyl (C=O) groups is 2. The van der Waals surface area contributed by atoms with E-state index < -0.39 is 33.5 Å². The average Bonchev–Trinajstić information content (AvgIpc) is 2.06. The van der Waals surface area contributed by atoms with Crippen molar-refractivity contribution in [1.29, 1.82) is 0 Å². The van der Waals surface area contributed by atoms with Crippen LogP contribution in [0.4, 0.5) is 4.79 Å². The van der Waals surface area contributed by atoms with Crippen molar-refractivity contribution >= 4 is 21.8 Å². The van der Waals surface area contributed by atoms with Gasteiger partial charge in [0, 0.05) is 6.26 Å². The van der Waals surface area contributed by atoms with Gasteiger partial charge in [-0.05, 0) is 27.2 Å². The molecule has 3 N–H and O–H groups in total. The number of nitrogens with two attached hydrogens (primary N) is 1. The fraction of sp³-hybridized carbons (Fsp3) is 0.800. The highest BCUT2D eigenvalue weighted by atomic mass is 32.2. The lowest BCUT2D eigenvalue weighted by atomic mass is 10.2. The van der Waals surface area contributed by atoms with E-state index in [4.69, 9.17) is 10.5 Å². The fourth-order valence-electron chi connectivity index (χ4n) is 1.07. The molecule has 18 heavy (non-hydrogen) atoms. The molecule has 0 aliphatic rings. The highest BCUT2D eigenvalue weighted by Gasteiger charge is 2.23. The van der Waals surface area contributed by atoms with Crippen LogP contribution in [-0.2, 0) is 19.4 Å². The van der Waals surface area contributed by atoms with Crippen molar-refractivity contribution in [1.82, 2.24) is 5.32 Å². The Morgan fingerprint density at radius 3 is 2.17 bits per heavy atom. The van der Waals surface area contributed by atoms with Gasteiger partial charge in [0.05, 0.1) is 5.75 Å². The zero-order valence-corrected chi connectivity index (χ0v) is 11.8. The lowest BCUT2D eigenvalue weighted by Gasteiger charge is -2.22. The molecule has 8 heteroatoms. The third-order valence-corrected chi connectivity index (χ3v) is 2.79. The quantitative estimate of drug-likeness (QED) is 0.723. The molecule has 106 valence electrons. The highest BCUT2D eigenvalue weighted by molar-refractivity contribution is 7.90. The first-order chi connectivity index (χ1) is 7.91. The van der Waals surface area contributed by atoms with Crippen molar-refractivity contribution in [3.8, 4) is 0 Å². The zero-order chi connectivity index (χ0) is 14.6. The Morgan fingerprint density at radius 2 is 1.83 bits per heavy atom. The molecule has 0 bridgehead atoms. The molecule has 0 aromatic rings. The van der Waals surface area contributed by atoms with Crippen molar-refractivity contribution in [3.63, 3.8) is 0 Å². The van der Waals surface area contributed by atoms with Crippen molar-refractivity contribution in [2.75, 3.05) is 12.0 Å². The van der Waals surface area contributed by atoms with Crippen molar-refractivity contribution < 1.29 is 22.7 Å². The number of hydrogen-bond donors (Lipinski definition) is 2. The van der Waals surface area contributed by atoms with E-state index in [1.54, 1.807) is 20.8 Å². The first-order valence-corrected chi connectivity index (χ1v) is 7.43. The maximum absolute atomic E-state index is 11.4. The molecule has 0 radical (unpaired) electrons. The summed E-state index contributed by atoms with van der Waals surface area (Å²) in [6, 6.07) is -1.06. The molecule has 0 aromatic heterocycles. The van der Waals surface area contributed by atoms with Crippen LogP contribution in [0.5, 0.6) is 0 Å². The Kier molecular flexibility index (Phi) is 5.59. The maximum Gasteiger partial charge on any atom is 0.408 e. The van der Waals surface area contributed by atoms with Crippen LogP contribution in [0.25, 0.3) is 0 Å². The molecule has 0 rings (SSSR count). The Hall–Kier alpha value is -1.31. The van der Waals surface area contributed by atoms with Crippen molar-refractivity contribution in [2.24, 2.45) is 5.73 Å². The van der Waals surface area contributed by atoms with E-state index in [0.717, 1.165) is 6.26 Å². The van der Waals surface area contributed by atoms with Gasteiger partial charge in [0.2, 0.25) is 5.91 Å². The van der Waals surface area contributed by atoms with E-state index in [1.165, 1.54) is 0 Å². The lowest BCUT2D eigenvalue weighted by molar-refractivity contribution is -0.120. The number of nitrogens with one attached hydrogen (secondary N) is 1. The molecule has 0 saturated carbocycles. The molecule has 0 saturated heterocycles. The summed E-state index contributed by atoms with van der Waals surface area (Å²) in [5, 5.41) is 2.25. The van der Waals surface area contributed by atoms with Gasteiger partial charge < -0.3 is 15.8 Å². The monoisotopic (exact) mass is 280 g/mol. The minimum atomic E-state index is -3.22. The number of primary amides is 1. The SMILES string of the molecule is CC(C)(C)OC(=O)N[C@@H](CCS(C)(=O)=O)C(N)=O. The second-order valence-corrected chi connectivity index (χ2v) is 7.28. The van der Waals surface area contributed by atoms with Crippen LogP contribution < -0.4 is 11.1 Å². The van der Waals surface area contributed by atoms with Crippen LogP contribution >= 0.6 is 0 Å². The van der Waals surface area contributed by atoms with Gasteiger partial charge in [0.1, 0.15) is 21.5 Å². The third kappa shape index (κ3) is 8.80. The lowest BCUT2D eigenvalue weighted by Crippen LogP contribution is -2.47. The van der Waals surface area contributed by atoms with Crippen LogP contribution in [0.15, 0.2) is 0 Å². The summed E-state index contributed by atoms with van der Waals surface area (Å²) in [7, 11) is -3.22. The van der Waals surface area contributed by atoms with Gasteiger partial charge in [-0.1, -0.05) is 0 Å². The Balaban J connectivity index is 4.46. The molecular formula is C10H20N2O5S. The molecule has 0 unspecified atom stereocenters. The Bertz CT molecular complexity index is 410. The van der Waals surface area contributed by atoms with E-state index in [1.807, 2.05) is 0 Å². The predicted molar refractivity (Wildman–Crippen MR) is 66.7 cm³/mol. The van der Waals surface area contributed by atoms with Gasteiger partial charge in [-0.2, -0.15) is 0 Å². The van der Waals surface area contributed by atoms with Gasteiger partial charge in [-0.15, -0.1) is 0 Å². The second kappa shape index (κ2) is 6.03. The summed E-state index contributed by atoms with van der Waals surface area (Å²) in [6.07, 6.45) is 0.158. The summed E-state index contributed by atoms with van der Waals surface area (Å²) in [4.78, 5) is 22.5. The number of sulfone groups is 1. The molecule has 0 aromatic carbocycles. The zero-order valence-electron chi connectivity index (χ0n) is 11.0. The molecule has 2 amide bonds. The summed E-state index contributed by atoms with van der Waals surface area (Å²) in [5.74, 6) is -1.04. The summed E-state index contributed by atoms with van der Waals surface area (Å²) in [5.41, 5.74) is 4.37. The number of amides is 2. The van der Waals surface area contributed by atoms with Gasteiger partial charge in [0.15, 0.2) is 0 Å². The molecule has 1 atom stereocenters. The molecule has 0 aliphatic heterocycles. The van der Waals surface area contributed by atoms with E-state index in [2.05, 4.69) is 5.32 Å². The number of alkyl carbamates (subject to hydrolysis) is 1. The van der Waals surface area contributed by atoms with E-state index in [0.29, 0.717) is 0 Å². The van der Waals surface area contributed by atoms with Crippen LogP contribution in [-0.4, -0.2) is 44.1 Å². The van der Waals surface area contributed by atoms with E-state index in [-0.39, 0.29) is 12.2 Å². The van der Waals surface area contributed by atoms with Crippen LogP contribution in [0.1, 0.15) is 27.2 Å². The molecule has 0 spiro atoms. The van der Waals surface area contributed by atoms with E-state index in [9.17, 15) is 18.0 Å². The molecule has 0 aliphatic carbocycles. The first kappa shape index (κ1) is 16.7. The second-order valence-electron chi connectivity index (χ2n) is 5.02. The topological polar surface area (TPSA) is 116 Å². The third-order valence-electron chi connectivity index (χ3n) is 1.81. The van der Waals surface area contributed by atoms with Crippen LogP contribution in [0.2, 0.25) is 0 Å². The minimum Gasteiger partial charge on any atom is -0.444 e. The van der Waals surface area contributed by atoms with Gasteiger partial charge in [-0.3, -0.25) is 4.79 Å². The van der Waals surface area contributed by atoms with Gasteiger partial charge in [-0.25, -0.2) is 13.2 Å². The Morgan fingerprint density at radius 1 is 1.33 bits per heavy atom. The minimum absolute atomic E-state index is 0.0760. The maximum atomic E-state index is 11.4. The Labute approximate surface area is 107 Å². The number of ether oxygens (including phenoxy) is 1. The number of hydrogen-bond acceptors (Lipinski definition) is 5. The summed E-state index contributed by atoms with van der Waals surface area (Å²) >= 11 is 0. The van der Waals surface area contributed by atoms with Crippen molar-refractivity contribution in [3.05, 3.63) is 0 Å². The average molecular weight is 280 g/mol. The smallest absolute Gasteiger partial charge is 0.408 e. The van der Waals surface area contributed by atoms with Gasteiger partial charge in [0.25, 0.3) is 0 Å². The first-order valence-electron chi connectivity index (χ1n) is 5.37. The van der Waals surface area contributed by atoms with Crippen LogP contribution in [0, 0.1) is 0 Å². The molecule has 7 nitrogen and oxygen atoms in total. The van der Waals surface area contributed by atoms with Crippen molar-refractivity contribution in [2.45, 2.75) is 38.8 Å². The molecule has 0 fully saturated rings. The highest BCUT2D eigenvalue weighted by Crippen LogP contribution is 2.07. The summed E-state index contributed by atoms with van der Waals surface area (Å²) in [6.45, 7) is 5.01. The van der Waals surface area contributed by atoms with Crippen LogP contribution in [0.3, 0.4) is 0 Å². The predicted octanol–water partition coefficient (Wildman–Crippen LogP) is -0.200. The normalized spacial score (nSPS) is 13.8. The number of rotatable bonds is 5. The van der Waals surface area contributed by atoms with Gasteiger partial charge >= 0.3 is 6.09 Å². The standard InChI is InChI=1S/C10H20N2O5S/c1-10(2,3)17-9(14)12-7(8(11)13)5-6-18(4,15)16/h7H,5-6H2,1-4H3,(H2,11,13)(H,12,14)/t7-/m0/s1.